The van der Waals surface area contributed by atoms with Crippen LogP contribution >= 0.6 is 0 Å². The molecule has 0 aromatic carbocycles. The van der Waals surface area contributed by atoms with Gasteiger partial charge in [0.25, 0.3) is 11.5 Å². The molecule has 0 amide bonds. The van der Waals surface area contributed by atoms with E-state index in [0.717, 1.165) is 23.9 Å². The highest BCUT2D eigenvalue weighted by atomic mass is 19.3. The van der Waals surface area contributed by atoms with Crippen LogP contribution in [0.25, 0.3) is 0 Å². The molecule has 1 fully saturated rings. The molecule has 1 saturated carbocycles. The second-order valence-corrected chi connectivity index (χ2v) is 4.23. The number of alkyl halides is 2. The Morgan fingerprint density at radius 1 is 1.56 bits per heavy atom. The van der Waals surface area contributed by atoms with Crippen molar-refractivity contribution in [3.8, 4) is 5.75 Å². The van der Waals surface area contributed by atoms with Crippen molar-refractivity contribution in [2.45, 2.75) is 24.8 Å². The van der Waals surface area contributed by atoms with Crippen LogP contribution in [0.5, 0.6) is 5.75 Å². The molecule has 0 saturated heterocycles. The summed E-state index contributed by atoms with van der Waals surface area (Å²) in [5, 5.41) is 9.43. The number of ether oxygens (including phenoxy) is 1. The standard InChI is InChI=1S/C11H11F2NO4/c1-18-10(17)7-5-14(9(16)2-8(7)15)6-3-11(12,13)4-6/h2,5-6,15H,3-4H2,1H3. The summed E-state index contributed by atoms with van der Waals surface area (Å²) in [4.78, 5) is 22.9. The normalized spacial score (nSPS) is 18.2. The van der Waals surface area contributed by atoms with Crippen LogP contribution in [-0.4, -0.2) is 28.7 Å². The van der Waals surface area contributed by atoms with Crippen LogP contribution in [0.15, 0.2) is 17.1 Å². The van der Waals surface area contributed by atoms with Crippen molar-refractivity contribution in [2.24, 2.45) is 0 Å². The van der Waals surface area contributed by atoms with E-state index in [9.17, 15) is 23.5 Å². The van der Waals surface area contributed by atoms with Gasteiger partial charge in [0, 0.05) is 31.1 Å². The van der Waals surface area contributed by atoms with Gasteiger partial charge >= 0.3 is 5.97 Å². The van der Waals surface area contributed by atoms with Crippen molar-refractivity contribution < 1.29 is 23.4 Å². The van der Waals surface area contributed by atoms with Gasteiger partial charge < -0.3 is 14.4 Å². The molecule has 18 heavy (non-hydrogen) atoms. The summed E-state index contributed by atoms with van der Waals surface area (Å²) in [7, 11) is 1.12. The van der Waals surface area contributed by atoms with Crippen molar-refractivity contribution in [3.05, 3.63) is 28.2 Å². The minimum absolute atomic E-state index is 0.215. The van der Waals surface area contributed by atoms with E-state index in [1.807, 2.05) is 0 Å². The number of aromatic hydroxyl groups is 1. The number of aromatic nitrogens is 1. The van der Waals surface area contributed by atoms with Crippen molar-refractivity contribution in [2.75, 3.05) is 7.11 Å². The molecule has 0 atom stereocenters. The van der Waals surface area contributed by atoms with Crippen LogP contribution in [0.3, 0.4) is 0 Å². The monoisotopic (exact) mass is 259 g/mol. The Morgan fingerprint density at radius 2 is 2.17 bits per heavy atom. The van der Waals surface area contributed by atoms with E-state index in [2.05, 4.69) is 4.74 Å². The van der Waals surface area contributed by atoms with Gasteiger partial charge in [0.05, 0.1) is 7.11 Å². The Kier molecular flexibility index (Phi) is 2.84. The van der Waals surface area contributed by atoms with Gasteiger partial charge in [-0.3, -0.25) is 4.79 Å². The molecular formula is C11H11F2NO4. The van der Waals surface area contributed by atoms with Crippen LogP contribution in [0.4, 0.5) is 8.78 Å². The topological polar surface area (TPSA) is 68.5 Å². The smallest absolute Gasteiger partial charge is 0.343 e. The summed E-state index contributed by atoms with van der Waals surface area (Å²) in [6.45, 7) is 0. The van der Waals surface area contributed by atoms with E-state index >= 15 is 0 Å². The van der Waals surface area contributed by atoms with Crippen molar-refractivity contribution in [1.29, 1.82) is 0 Å². The Labute approximate surface area is 101 Å². The summed E-state index contributed by atoms with van der Waals surface area (Å²) in [5.41, 5.74) is -0.840. The lowest BCUT2D eigenvalue weighted by Crippen LogP contribution is -2.41. The lowest BCUT2D eigenvalue weighted by atomic mass is 9.88. The molecule has 0 radical (unpaired) electrons. The van der Waals surface area contributed by atoms with Crippen LogP contribution in [0.2, 0.25) is 0 Å². The van der Waals surface area contributed by atoms with E-state index < -0.39 is 42.1 Å². The van der Waals surface area contributed by atoms with Gasteiger partial charge in [0.1, 0.15) is 11.3 Å². The predicted molar refractivity (Wildman–Crippen MR) is 56.9 cm³/mol. The fourth-order valence-electron chi connectivity index (χ4n) is 1.92. The van der Waals surface area contributed by atoms with E-state index in [4.69, 9.17) is 0 Å². The van der Waals surface area contributed by atoms with Gasteiger partial charge in [-0.15, -0.1) is 0 Å². The third-order valence-electron chi connectivity index (χ3n) is 2.93. The number of rotatable bonds is 2. The molecule has 0 spiro atoms. The molecule has 98 valence electrons. The fraction of sp³-hybridized carbons (Fsp3) is 0.455. The van der Waals surface area contributed by atoms with Crippen LogP contribution < -0.4 is 5.56 Å². The molecule has 0 aliphatic heterocycles. The summed E-state index contributed by atoms with van der Waals surface area (Å²) in [6, 6.07) is 0.166. The van der Waals surface area contributed by atoms with Crippen molar-refractivity contribution in [3.63, 3.8) is 0 Å². The first kappa shape index (κ1) is 12.5. The van der Waals surface area contributed by atoms with Crippen LogP contribution in [0.1, 0.15) is 29.2 Å². The molecule has 5 nitrogen and oxygen atoms in total. The average Bonchev–Trinajstić information content (AvgIpc) is 2.25. The highest BCUT2D eigenvalue weighted by Gasteiger charge is 2.46. The first-order chi connectivity index (χ1) is 8.34. The maximum Gasteiger partial charge on any atom is 0.343 e. The molecular weight excluding hydrogens is 248 g/mol. The molecule has 1 N–H and O–H groups in total. The van der Waals surface area contributed by atoms with Crippen molar-refractivity contribution in [1.82, 2.24) is 4.57 Å². The number of nitrogens with zero attached hydrogens (tertiary/aromatic N) is 1. The highest BCUT2D eigenvalue weighted by Crippen LogP contribution is 2.44. The Bertz CT molecular complexity index is 544. The van der Waals surface area contributed by atoms with E-state index in [-0.39, 0.29) is 5.56 Å². The highest BCUT2D eigenvalue weighted by molar-refractivity contribution is 5.91. The van der Waals surface area contributed by atoms with Gasteiger partial charge in [0.15, 0.2) is 0 Å². The zero-order chi connectivity index (χ0) is 13.5. The van der Waals surface area contributed by atoms with E-state index in [1.54, 1.807) is 0 Å². The second-order valence-electron chi connectivity index (χ2n) is 4.23. The number of esters is 1. The zero-order valence-electron chi connectivity index (χ0n) is 9.52. The van der Waals surface area contributed by atoms with Crippen LogP contribution in [-0.2, 0) is 4.74 Å². The Morgan fingerprint density at radius 3 is 2.67 bits per heavy atom. The molecule has 0 unspecified atom stereocenters. The van der Waals surface area contributed by atoms with Crippen molar-refractivity contribution >= 4 is 5.97 Å². The van der Waals surface area contributed by atoms with Gasteiger partial charge in [0.2, 0.25) is 0 Å². The van der Waals surface area contributed by atoms with Gasteiger partial charge in [-0.1, -0.05) is 0 Å². The first-order valence-electron chi connectivity index (χ1n) is 5.25. The Balaban J connectivity index is 2.37. The summed E-state index contributed by atoms with van der Waals surface area (Å²) in [5.74, 6) is -4.12. The number of carbonyl (C=O) groups excluding carboxylic acids is 1. The number of methoxy groups -OCH3 is 1. The minimum Gasteiger partial charge on any atom is -0.507 e. The number of halogens is 2. The third-order valence-corrected chi connectivity index (χ3v) is 2.93. The first-order valence-corrected chi connectivity index (χ1v) is 5.25. The van der Waals surface area contributed by atoms with E-state index in [0.29, 0.717) is 0 Å². The third kappa shape index (κ3) is 2.07. The van der Waals surface area contributed by atoms with E-state index in [1.165, 1.54) is 0 Å². The quantitative estimate of drug-likeness (QED) is 0.813. The molecule has 1 aliphatic rings. The maximum absolute atomic E-state index is 12.8. The molecule has 7 heteroatoms. The van der Waals surface area contributed by atoms with Gasteiger partial charge in [-0.25, -0.2) is 13.6 Å². The lowest BCUT2D eigenvalue weighted by Gasteiger charge is -2.36. The molecule has 1 aromatic heterocycles. The lowest BCUT2D eigenvalue weighted by molar-refractivity contribution is -0.105. The minimum atomic E-state index is -2.77. The second kappa shape index (κ2) is 4.08. The molecule has 1 aliphatic carbocycles. The number of pyridine rings is 1. The van der Waals surface area contributed by atoms with Crippen LogP contribution in [0, 0.1) is 0 Å². The number of hydrogen-bond acceptors (Lipinski definition) is 4. The average molecular weight is 259 g/mol. The maximum atomic E-state index is 12.8. The largest absolute Gasteiger partial charge is 0.507 e. The molecule has 2 rings (SSSR count). The molecule has 0 bridgehead atoms. The zero-order valence-corrected chi connectivity index (χ0v) is 9.52. The number of hydrogen-bond donors (Lipinski definition) is 1. The van der Waals surface area contributed by atoms with Gasteiger partial charge in [-0.05, 0) is 0 Å². The SMILES string of the molecule is COC(=O)c1cn(C2CC(F)(F)C2)c(=O)cc1O. The summed E-state index contributed by atoms with van der Waals surface area (Å²) < 4.78 is 31.0. The summed E-state index contributed by atoms with van der Waals surface area (Å²) in [6.07, 6.45) is 0.167. The summed E-state index contributed by atoms with van der Waals surface area (Å²) >= 11 is 0. The molecule has 1 aromatic rings. The van der Waals surface area contributed by atoms with Gasteiger partial charge in [-0.2, -0.15) is 0 Å². The number of carbonyl (C=O) groups is 1. The Hall–Kier alpha value is -1.92. The fourth-order valence-corrected chi connectivity index (χ4v) is 1.92. The predicted octanol–water partition coefficient (Wildman–Crippen LogP) is 1.31. The molecule has 1 heterocycles.